The highest BCUT2D eigenvalue weighted by atomic mass is 19.1. The van der Waals surface area contributed by atoms with Gasteiger partial charge in [-0.05, 0) is 43.2 Å². The van der Waals surface area contributed by atoms with Crippen LogP contribution < -0.4 is 10.7 Å². The van der Waals surface area contributed by atoms with Gasteiger partial charge in [-0.2, -0.15) is 0 Å². The molecule has 1 saturated heterocycles. The average molecular weight is 493 g/mol. The van der Waals surface area contributed by atoms with Gasteiger partial charge in [-0.3, -0.25) is 19.5 Å². The fourth-order valence-electron chi connectivity index (χ4n) is 4.62. The van der Waals surface area contributed by atoms with E-state index in [9.17, 15) is 14.0 Å². The first-order chi connectivity index (χ1) is 17.5. The van der Waals surface area contributed by atoms with Gasteiger partial charge in [0.15, 0.2) is 5.43 Å². The number of nitrogens with zero attached hydrogens (tertiary/aromatic N) is 3. The van der Waals surface area contributed by atoms with Crippen molar-refractivity contribution in [2.24, 2.45) is 0 Å². The zero-order valence-corrected chi connectivity index (χ0v) is 20.7. The topological polar surface area (TPSA) is 76.5 Å². The number of aryl methyl sites for hydroxylation is 1. The predicted molar refractivity (Wildman–Crippen MR) is 137 cm³/mol. The van der Waals surface area contributed by atoms with E-state index in [1.54, 1.807) is 12.3 Å². The summed E-state index contributed by atoms with van der Waals surface area (Å²) in [5, 5.41) is 2.89. The molecule has 0 spiro atoms. The van der Waals surface area contributed by atoms with Gasteiger partial charge >= 0.3 is 0 Å². The summed E-state index contributed by atoms with van der Waals surface area (Å²) in [5.74, 6) is -0.757. The molecule has 7 nitrogen and oxygen atoms in total. The molecule has 0 unspecified atom stereocenters. The molecule has 1 aliphatic heterocycles. The van der Waals surface area contributed by atoms with E-state index in [2.05, 4.69) is 15.2 Å². The molecule has 1 amide bonds. The van der Waals surface area contributed by atoms with E-state index in [0.717, 1.165) is 50.7 Å². The molecule has 3 heterocycles. The number of pyridine rings is 2. The molecule has 1 N–H and O–H groups in total. The Kier molecular flexibility index (Phi) is 8.97. The van der Waals surface area contributed by atoms with Gasteiger partial charge in [-0.25, -0.2) is 4.39 Å². The Morgan fingerprint density at radius 2 is 1.94 bits per heavy atom. The Hall–Kier alpha value is -3.36. The number of ether oxygens (including phenoxy) is 1. The molecule has 8 heteroatoms. The molecular formula is C28H33FN4O3. The van der Waals surface area contributed by atoms with Crippen LogP contribution in [0.1, 0.15) is 39.4 Å². The fraction of sp³-hybridized carbons (Fsp3) is 0.393. The van der Waals surface area contributed by atoms with Crippen LogP contribution in [0.15, 0.2) is 59.5 Å². The van der Waals surface area contributed by atoms with E-state index in [4.69, 9.17) is 4.74 Å². The molecule has 0 radical (unpaired) electrons. The minimum absolute atomic E-state index is 0.122. The minimum atomic E-state index is -0.413. The maximum Gasteiger partial charge on any atom is 0.257 e. The number of hydrogen-bond donors (Lipinski definition) is 1. The van der Waals surface area contributed by atoms with Crippen molar-refractivity contribution < 1.29 is 13.9 Å². The summed E-state index contributed by atoms with van der Waals surface area (Å²) in [6, 6.07) is 13.5. The summed E-state index contributed by atoms with van der Waals surface area (Å²) in [6.07, 6.45) is 3.42. The highest BCUT2D eigenvalue weighted by Gasteiger charge is 2.21. The normalized spacial score (nSPS) is 14.1. The minimum Gasteiger partial charge on any atom is -0.379 e. The Bertz CT molecular complexity index is 1220. The third kappa shape index (κ3) is 6.86. The van der Waals surface area contributed by atoms with E-state index >= 15 is 0 Å². The van der Waals surface area contributed by atoms with Crippen LogP contribution in [0, 0.1) is 12.7 Å². The lowest BCUT2D eigenvalue weighted by Gasteiger charge is -2.27. The van der Waals surface area contributed by atoms with Gasteiger partial charge in [0, 0.05) is 74.9 Å². The van der Waals surface area contributed by atoms with Gasteiger partial charge in [0.2, 0.25) is 0 Å². The molecule has 2 aromatic heterocycles. The summed E-state index contributed by atoms with van der Waals surface area (Å²) in [4.78, 5) is 33.0. The van der Waals surface area contributed by atoms with Crippen molar-refractivity contribution in [2.75, 3.05) is 39.4 Å². The number of hydrogen-bond acceptors (Lipinski definition) is 5. The lowest BCUT2D eigenvalue weighted by Crippen LogP contribution is -2.37. The summed E-state index contributed by atoms with van der Waals surface area (Å²) in [7, 11) is 0. The molecule has 0 bridgehead atoms. The van der Waals surface area contributed by atoms with E-state index in [-0.39, 0.29) is 23.2 Å². The summed E-state index contributed by atoms with van der Waals surface area (Å²) in [5.41, 5.74) is 2.78. The van der Waals surface area contributed by atoms with Crippen LogP contribution >= 0.6 is 0 Å². The highest BCUT2D eigenvalue weighted by Crippen LogP contribution is 2.17. The van der Waals surface area contributed by atoms with Crippen LogP contribution in [0.4, 0.5) is 4.39 Å². The molecule has 0 atom stereocenters. The Balaban J connectivity index is 1.58. The zero-order chi connectivity index (χ0) is 25.3. The Labute approximate surface area is 210 Å². The number of carbonyl (C=O) groups excluding carboxylic acids is 1. The first-order valence-electron chi connectivity index (χ1n) is 12.5. The molecule has 1 aliphatic rings. The van der Waals surface area contributed by atoms with E-state index in [0.29, 0.717) is 30.8 Å². The quantitative estimate of drug-likeness (QED) is 0.471. The second-order valence-electron chi connectivity index (χ2n) is 9.06. The number of nitrogens with one attached hydrogen (secondary N) is 1. The van der Waals surface area contributed by atoms with Crippen LogP contribution in [-0.4, -0.2) is 59.8 Å². The molecule has 190 valence electrons. The van der Waals surface area contributed by atoms with Crippen LogP contribution in [-0.2, 0) is 24.1 Å². The second-order valence-corrected chi connectivity index (χ2v) is 9.06. The summed E-state index contributed by atoms with van der Waals surface area (Å²) < 4.78 is 21.4. The zero-order valence-electron chi connectivity index (χ0n) is 20.7. The molecule has 0 aliphatic carbocycles. The van der Waals surface area contributed by atoms with Crippen LogP contribution in [0.3, 0.4) is 0 Å². The van der Waals surface area contributed by atoms with Gasteiger partial charge < -0.3 is 14.6 Å². The number of amides is 1. The second kappa shape index (κ2) is 12.6. The van der Waals surface area contributed by atoms with Crippen LogP contribution in [0.2, 0.25) is 0 Å². The molecule has 0 saturated carbocycles. The molecular weight excluding hydrogens is 459 g/mol. The lowest BCUT2D eigenvalue weighted by molar-refractivity contribution is 0.0369. The summed E-state index contributed by atoms with van der Waals surface area (Å²) >= 11 is 0. The van der Waals surface area contributed by atoms with Crippen molar-refractivity contribution in [2.45, 2.75) is 32.7 Å². The first kappa shape index (κ1) is 25.7. The van der Waals surface area contributed by atoms with E-state index in [1.807, 2.05) is 35.8 Å². The molecule has 4 rings (SSSR count). The third-order valence-electron chi connectivity index (χ3n) is 6.47. The van der Waals surface area contributed by atoms with E-state index in [1.165, 1.54) is 18.2 Å². The van der Waals surface area contributed by atoms with Crippen molar-refractivity contribution in [3.05, 3.63) is 99.0 Å². The number of rotatable bonds is 10. The van der Waals surface area contributed by atoms with Gasteiger partial charge in [0.25, 0.3) is 5.91 Å². The number of benzene rings is 1. The fourth-order valence-corrected chi connectivity index (χ4v) is 4.62. The van der Waals surface area contributed by atoms with Crippen molar-refractivity contribution in [3.8, 4) is 0 Å². The summed E-state index contributed by atoms with van der Waals surface area (Å²) in [6.45, 7) is 7.09. The van der Waals surface area contributed by atoms with Gasteiger partial charge in [-0.15, -0.1) is 0 Å². The molecule has 36 heavy (non-hydrogen) atoms. The van der Waals surface area contributed by atoms with Crippen molar-refractivity contribution in [1.82, 2.24) is 19.8 Å². The van der Waals surface area contributed by atoms with Crippen molar-refractivity contribution >= 4 is 5.91 Å². The maximum absolute atomic E-state index is 14.0. The number of aromatic nitrogens is 2. The van der Waals surface area contributed by atoms with Gasteiger partial charge in [0.05, 0.1) is 13.2 Å². The third-order valence-corrected chi connectivity index (χ3v) is 6.47. The van der Waals surface area contributed by atoms with Crippen LogP contribution in [0.25, 0.3) is 0 Å². The number of morpholine rings is 1. The first-order valence-corrected chi connectivity index (χ1v) is 12.5. The van der Waals surface area contributed by atoms with Gasteiger partial charge in [-0.1, -0.05) is 18.2 Å². The Morgan fingerprint density at radius 1 is 1.11 bits per heavy atom. The average Bonchev–Trinajstić information content (AvgIpc) is 2.87. The number of halogens is 1. The number of carbonyl (C=O) groups is 1. The monoisotopic (exact) mass is 492 g/mol. The van der Waals surface area contributed by atoms with Crippen LogP contribution in [0.5, 0.6) is 0 Å². The maximum atomic E-state index is 14.0. The SMILES string of the molecule is Cc1cc(=O)c(C(=O)NCCc2ccccn2)c(Cc2cccc(F)c2)n1CCCN1CCOCC1. The van der Waals surface area contributed by atoms with Crippen molar-refractivity contribution in [3.63, 3.8) is 0 Å². The molecule has 1 fully saturated rings. The molecule has 3 aromatic rings. The Morgan fingerprint density at radius 3 is 2.69 bits per heavy atom. The largest absolute Gasteiger partial charge is 0.379 e. The smallest absolute Gasteiger partial charge is 0.257 e. The van der Waals surface area contributed by atoms with E-state index < -0.39 is 5.91 Å². The van der Waals surface area contributed by atoms with Gasteiger partial charge in [0.1, 0.15) is 11.4 Å². The predicted octanol–water partition coefficient (Wildman–Crippen LogP) is 2.98. The molecule has 1 aromatic carbocycles. The lowest BCUT2D eigenvalue weighted by atomic mass is 10.0. The standard InChI is InChI=1S/C28H33FN4O3/c1-21-18-26(34)27(28(35)31-11-9-24-8-2-3-10-30-24)25(20-22-6-4-7-23(29)19-22)33(21)13-5-12-32-14-16-36-17-15-32/h2-4,6-8,10,18-19H,5,9,11-17,20H2,1H3,(H,31,35). The highest BCUT2D eigenvalue weighted by molar-refractivity contribution is 5.95. The van der Waals surface area contributed by atoms with Crippen molar-refractivity contribution in [1.29, 1.82) is 0 Å².